The van der Waals surface area contributed by atoms with E-state index in [1.165, 1.54) is 17.2 Å². The molecule has 5 nitrogen and oxygen atoms in total. The van der Waals surface area contributed by atoms with Gasteiger partial charge in [0.25, 0.3) is 5.91 Å². The molecule has 108 valence electrons. The third-order valence-corrected chi connectivity index (χ3v) is 2.82. The van der Waals surface area contributed by atoms with Crippen LogP contribution in [0.1, 0.15) is 12.2 Å². The maximum absolute atomic E-state index is 12.3. The molecule has 1 amide bonds. The Labute approximate surface area is 122 Å². The standard InChI is InChI=1S/C16H15NO4/c18-15(9-8-14-7-4-12-21-14)17(11-10-16(19)20)13-5-2-1-3-6-13/h1-9,12H,10-11H2,(H,19,20)/b9-8+. The zero-order valence-corrected chi connectivity index (χ0v) is 11.3. The SMILES string of the molecule is O=C(O)CCN(C(=O)/C=C/c1ccco1)c1ccccc1. The molecule has 0 unspecified atom stereocenters. The van der Waals surface area contributed by atoms with Gasteiger partial charge in [0.05, 0.1) is 12.7 Å². The van der Waals surface area contributed by atoms with E-state index in [0.29, 0.717) is 11.4 Å². The van der Waals surface area contributed by atoms with Gasteiger partial charge in [0, 0.05) is 18.3 Å². The van der Waals surface area contributed by atoms with Crippen LogP contribution in [-0.2, 0) is 9.59 Å². The summed E-state index contributed by atoms with van der Waals surface area (Å²) in [4.78, 5) is 24.4. The van der Waals surface area contributed by atoms with Gasteiger partial charge in [-0.3, -0.25) is 9.59 Å². The number of anilines is 1. The third kappa shape index (κ3) is 4.35. The molecule has 0 radical (unpaired) electrons. The van der Waals surface area contributed by atoms with Crippen molar-refractivity contribution >= 4 is 23.6 Å². The Morgan fingerprint density at radius 2 is 1.90 bits per heavy atom. The Morgan fingerprint density at radius 3 is 2.52 bits per heavy atom. The van der Waals surface area contributed by atoms with E-state index in [1.807, 2.05) is 6.07 Å². The minimum atomic E-state index is -0.946. The fourth-order valence-electron chi connectivity index (χ4n) is 1.81. The van der Waals surface area contributed by atoms with Gasteiger partial charge in [0.15, 0.2) is 0 Å². The number of amides is 1. The average Bonchev–Trinajstić information content (AvgIpc) is 2.99. The first-order valence-corrected chi connectivity index (χ1v) is 6.47. The summed E-state index contributed by atoms with van der Waals surface area (Å²) in [7, 11) is 0. The molecule has 0 saturated heterocycles. The van der Waals surface area contributed by atoms with E-state index in [1.54, 1.807) is 42.5 Å². The summed E-state index contributed by atoms with van der Waals surface area (Å²) >= 11 is 0. The Kier molecular flexibility index (Phi) is 4.93. The van der Waals surface area contributed by atoms with Crippen LogP contribution in [0.15, 0.2) is 59.2 Å². The first-order valence-electron chi connectivity index (χ1n) is 6.47. The van der Waals surface area contributed by atoms with Gasteiger partial charge in [-0.25, -0.2) is 0 Å². The number of carboxylic acids is 1. The molecule has 0 atom stereocenters. The molecule has 0 aliphatic rings. The molecule has 21 heavy (non-hydrogen) atoms. The van der Waals surface area contributed by atoms with Crippen molar-refractivity contribution in [1.82, 2.24) is 0 Å². The third-order valence-electron chi connectivity index (χ3n) is 2.82. The molecular formula is C16H15NO4. The van der Waals surface area contributed by atoms with Crippen molar-refractivity contribution < 1.29 is 19.1 Å². The Balaban J connectivity index is 2.14. The highest BCUT2D eigenvalue weighted by molar-refractivity contribution is 6.03. The highest BCUT2D eigenvalue weighted by atomic mass is 16.4. The molecule has 5 heteroatoms. The molecule has 0 fully saturated rings. The van der Waals surface area contributed by atoms with Crippen LogP contribution < -0.4 is 4.90 Å². The van der Waals surface area contributed by atoms with Gasteiger partial charge < -0.3 is 14.4 Å². The molecule has 1 heterocycles. The highest BCUT2D eigenvalue weighted by Gasteiger charge is 2.14. The van der Waals surface area contributed by atoms with Crippen LogP contribution in [0.5, 0.6) is 0 Å². The van der Waals surface area contributed by atoms with Crippen molar-refractivity contribution in [3.05, 3.63) is 60.6 Å². The second-order valence-corrected chi connectivity index (χ2v) is 4.32. The molecule has 1 N–H and O–H groups in total. The van der Waals surface area contributed by atoms with Gasteiger partial charge in [0.1, 0.15) is 5.76 Å². The summed E-state index contributed by atoms with van der Waals surface area (Å²) < 4.78 is 5.12. The predicted octanol–water partition coefficient (Wildman–Crippen LogP) is 2.80. The lowest BCUT2D eigenvalue weighted by Gasteiger charge is -2.20. The lowest BCUT2D eigenvalue weighted by molar-refractivity contribution is -0.136. The van der Waals surface area contributed by atoms with Gasteiger partial charge >= 0.3 is 5.97 Å². The number of carboxylic acid groups (broad SMARTS) is 1. The topological polar surface area (TPSA) is 70.8 Å². The summed E-state index contributed by atoms with van der Waals surface area (Å²) in [5.74, 6) is -0.674. The van der Waals surface area contributed by atoms with Crippen LogP contribution in [0, 0.1) is 0 Å². The van der Waals surface area contributed by atoms with Crippen LogP contribution in [-0.4, -0.2) is 23.5 Å². The first kappa shape index (κ1) is 14.6. The van der Waals surface area contributed by atoms with Crippen molar-refractivity contribution in [2.24, 2.45) is 0 Å². The highest BCUT2D eigenvalue weighted by Crippen LogP contribution is 2.15. The van der Waals surface area contributed by atoms with Crippen molar-refractivity contribution in [3.63, 3.8) is 0 Å². The van der Waals surface area contributed by atoms with Gasteiger partial charge in [-0.2, -0.15) is 0 Å². The van der Waals surface area contributed by atoms with Crippen LogP contribution in [0.3, 0.4) is 0 Å². The van der Waals surface area contributed by atoms with E-state index < -0.39 is 5.97 Å². The maximum atomic E-state index is 12.3. The molecule has 0 aliphatic carbocycles. The number of para-hydroxylation sites is 1. The molecule has 1 aromatic heterocycles. The monoisotopic (exact) mass is 285 g/mol. The summed E-state index contributed by atoms with van der Waals surface area (Å²) in [5, 5.41) is 8.80. The molecule has 0 spiro atoms. The molecular weight excluding hydrogens is 270 g/mol. The average molecular weight is 285 g/mol. The summed E-state index contributed by atoms with van der Waals surface area (Å²) in [5.41, 5.74) is 0.660. The van der Waals surface area contributed by atoms with Crippen molar-refractivity contribution in [2.45, 2.75) is 6.42 Å². The number of hydrogen-bond donors (Lipinski definition) is 1. The predicted molar refractivity (Wildman–Crippen MR) is 78.8 cm³/mol. The van der Waals surface area contributed by atoms with Crippen LogP contribution in [0.25, 0.3) is 6.08 Å². The van der Waals surface area contributed by atoms with Gasteiger partial charge in [-0.05, 0) is 30.3 Å². The number of hydrogen-bond acceptors (Lipinski definition) is 3. The van der Waals surface area contributed by atoms with E-state index >= 15 is 0 Å². The quantitative estimate of drug-likeness (QED) is 0.828. The fraction of sp³-hybridized carbons (Fsp3) is 0.125. The fourth-order valence-corrected chi connectivity index (χ4v) is 1.81. The summed E-state index contributed by atoms with van der Waals surface area (Å²) in [6.07, 6.45) is 4.32. The van der Waals surface area contributed by atoms with E-state index in [9.17, 15) is 9.59 Å². The zero-order valence-electron chi connectivity index (χ0n) is 11.3. The molecule has 0 bridgehead atoms. The van der Waals surface area contributed by atoms with E-state index in [2.05, 4.69) is 0 Å². The Morgan fingerprint density at radius 1 is 1.14 bits per heavy atom. The van der Waals surface area contributed by atoms with Crippen LogP contribution >= 0.6 is 0 Å². The normalized spacial score (nSPS) is 10.7. The van der Waals surface area contributed by atoms with Crippen molar-refractivity contribution in [2.75, 3.05) is 11.4 Å². The lowest BCUT2D eigenvalue weighted by Crippen LogP contribution is -2.31. The molecule has 0 aliphatic heterocycles. The number of rotatable bonds is 6. The van der Waals surface area contributed by atoms with Crippen LogP contribution in [0.2, 0.25) is 0 Å². The number of aliphatic carboxylic acids is 1. The Hall–Kier alpha value is -2.82. The molecule has 2 aromatic rings. The lowest BCUT2D eigenvalue weighted by atomic mass is 10.2. The Bertz CT molecular complexity index is 617. The first-order chi connectivity index (χ1) is 10.2. The summed E-state index contributed by atoms with van der Waals surface area (Å²) in [6.45, 7) is 0.112. The maximum Gasteiger partial charge on any atom is 0.305 e. The smallest absolute Gasteiger partial charge is 0.305 e. The minimum absolute atomic E-state index is 0.112. The van der Waals surface area contributed by atoms with E-state index in [4.69, 9.17) is 9.52 Å². The second-order valence-electron chi connectivity index (χ2n) is 4.32. The van der Waals surface area contributed by atoms with Crippen molar-refractivity contribution in [1.29, 1.82) is 0 Å². The van der Waals surface area contributed by atoms with Crippen LogP contribution in [0.4, 0.5) is 5.69 Å². The number of carbonyl (C=O) groups is 2. The van der Waals surface area contributed by atoms with E-state index in [-0.39, 0.29) is 18.9 Å². The molecule has 1 aromatic carbocycles. The number of carbonyl (C=O) groups excluding carboxylic acids is 1. The number of benzene rings is 1. The van der Waals surface area contributed by atoms with Gasteiger partial charge in [0.2, 0.25) is 0 Å². The number of nitrogens with zero attached hydrogens (tertiary/aromatic N) is 1. The minimum Gasteiger partial charge on any atom is -0.481 e. The van der Waals surface area contributed by atoms with Crippen molar-refractivity contribution in [3.8, 4) is 0 Å². The number of furan rings is 1. The zero-order chi connectivity index (χ0) is 15.1. The largest absolute Gasteiger partial charge is 0.481 e. The van der Waals surface area contributed by atoms with Gasteiger partial charge in [-0.15, -0.1) is 0 Å². The second kappa shape index (κ2) is 7.09. The molecule has 2 rings (SSSR count). The van der Waals surface area contributed by atoms with Gasteiger partial charge in [-0.1, -0.05) is 18.2 Å². The van der Waals surface area contributed by atoms with E-state index in [0.717, 1.165) is 0 Å². The molecule has 0 saturated carbocycles. The summed E-state index contributed by atoms with van der Waals surface area (Å²) in [6, 6.07) is 12.4.